The molecule has 10 aromatic rings. The highest BCUT2D eigenvalue weighted by molar-refractivity contribution is 6.04. The molecule has 8 heterocycles. The summed E-state index contributed by atoms with van der Waals surface area (Å²) in [6.07, 6.45) is -1.49. The zero-order valence-electron chi connectivity index (χ0n) is 52.7. The molecule has 2 saturated heterocycles. The number of nitrogens with one attached hydrogen (secondary N) is 5. The van der Waals surface area contributed by atoms with Gasteiger partial charge in [-0.3, -0.25) is 19.2 Å². The molecule has 3 amide bonds. The lowest BCUT2D eigenvalue weighted by Gasteiger charge is -2.16. The summed E-state index contributed by atoms with van der Waals surface area (Å²) in [5, 5.41) is 34.0. The number of aromatic nitrogens is 8. The van der Waals surface area contributed by atoms with E-state index < -0.39 is 41.3 Å². The van der Waals surface area contributed by atoms with Crippen molar-refractivity contribution >= 4 is 69.0 Å². The highest BCUT2D eigenvalue weighted by Crippen LogP contribution is 2.38. The molecule has 0 unspecified atom stereocenters. The van der Waals surface area contributed by atoms with Gasteiger partial charge in [-0.25, -0.2) is 29.3 Å². The van der Waals surface area contributed by atoms with Gasteiger partial charge < -0.3 is 55.5 Å². The van der Waals surface area contributed by atoms with E-state index in [2.05, 4.69) is 46.5 Å². The smallest absolute Gasteiger partial charge is 0.416 e. The number of ether oxygens (including phenoxy) is 4. The molecule has 29 heteroatoms. The van der Waals surface area contributed by atoms with Crippen LogP contribution in [0.1, 0.15) is 82.5 Å². The molecule has 6 aromatic heterocycles. The van der Waals surface area contributed by atoms with Crippen LogP contribution in [0, 0.1) is 0 Å². The maximum absolute atomic E-state index is 13.1. The van der Waals surface area contributed by atoms with Gasteiger partial charge in [-0.05, 0) is 128 Å². The van der Waals surface area contributed by atoms with E-state index in [4.69, 9.17) is 34.3 Å². The molecule has 2 aliphatic rings. The van der Waals surface area contributed by atoms with Gasteiger partial charge in [0.1, 0.15) is 56.9 Å². The minimum atomic E-state index is -4.56. The number of carbonyl (C=O) groups is 4. The van der Waals surface area contributed by atoms with Gasteiger partial charge in [0.15, 0.2) is 22.9 Å². The minimum absolute atomic E-state index is 0.0230. The molecular weight excluding hydrogens is 1270 g/mol. The monoisotopic (exact) mass is 1340 g/mol. The van der Waals surface area contributed by atoms with Gasteiger partial charge >= 0.3 is 18.3 Å². The molecule has 97 heavy (non-hydrogen) atoms. The molecule has 2 atom stereocenters. The third-order valence-electron chi connectivity index (χ3n) is 15.4. The summed E-state index contributed by atoms with van der Waals surface area (Å²) in [5.74, 6) is 2.26. The Kier molecular flexibility index (Phi) is 21.8. The van der Waals surface area contributed by atoms with Crippen LogP contribution in [0.4, 0.5) is 49.6 Å². The number of hydrogen-bond donors (Lipinski definition) is 6. The van der Waals surface area contributed by atoms with Crippen molar-refractivity contribution in [2.45, 2.75) is 77.1 Å². The maximum Gasteiger partial charge on any atom is 0.416 e. The number of benzene rings is 4. The molecule has 2 aliphatic heterocycles. The third kappa shape index (κ3) is 17.7. The number of carboxylic acids is 1. The van der Waals surface area contributed by atoms with Crippen LogP contribution in [-0.2, 0) is 35.0 Å². The van der Waals surface area contributed by atoms with E-state index >= 15 is 0 Å². The summed E-state index contributed by atoms with van der Waals surface area (Å²) in [6, 6.07) is 34.7. The van der Waals surface area contributed by atoms with Crippen LogP contribution in [0.3, 0.4) is 0 Å². The number of methoxy groups -OCH3 is 2. The Morgan fingerprint density at radius 1 is 0.557 bits per heavy atom. The van der Waals surface area contributed by atoms with Crippen LogP contribution < -0.4 is 45.5 Å². The first kappa shape index (κ1) is 68.5. The van der Waals surface area contributed by atoms with E-state index in [1.807, 2.05) is 65.0 Å². The number of fused-ring (bicyclic) bond motifs is 2. The molecule has 4 aromatic carbocycles. The lowest BCUT2D eigenvalue weighted by molar-refractivity contribution is -0.138. The van der Waals surface area contributed by atoms with Crippen molar-refractivity contribution in [3.63, 3.8) is 0 Å². The van der Waals surface area contributed by atoms with Crippen LogP contribution in [0.5, 0.6) is 34.5 Å². The topological polar surface area (TPSA) is 276 Å². The summed E-state index contributed by atoms with van der Waals surface area (Å²) in [4.78, 5) is 65.9. The van der Waals surface area contributed by atoms with E-state index in [1.165, 1.54) is 24.3 Å². The van der Waals surface area contributed by atoms with Crippen molar-refractivity contribution in [1.29, 1.82) is 0 Å². The Bertz CT molecular complexity index is 4380. The molecule has 23 nitrogen and oxygen atoms in total. The SMILES string of the molecule is CCC(=O)N1CC[C@@H](Nc2nn(Cc3ccc(OC)cc3)c3nccc(Oc4ccc(C(=O)Nc5cc(C(F)(F)F)ccn5)cc4)c23)C1.CCC(=O)O.COc1ccc(Cn2nc(N[C@@H]3CCNC3)c3c(Oc4ccc(C(=O)Nc5cc(C(F)(F)F)ccn5)cc4)ccnc32)cc1. The van der Waals surface area contributed by atoms with Gasteiger partial charge in [0.25, 0.3) is 11.8 Å². The fraction of sp³-hybridized carbons (Fsp3) is 0.265. The van der Waals surface area contributed by atoms with Gasteiger partial charge in [0.2, 0.25) is 5.91 Å². The summed E-state index contributed by atoms with van der Waals surface area (Å²) >= 11 is 0. The standard InChI is InChI=1S/C34H32F3N7O4.C31H28F3N7O3.C3H6O2/c1-3-29(45)43-17-14-24(20-43)40-31-30-27(13-16-39-32(30)44(42-31)19-21-4-8-25(47-2)9-5-21)48-26-10-6-22(7-11-26)33(46)41-28-18-23(12-15-38-28)34(35,36)37;1-43-23-6-2-19(3-7-23)18-41-29-27(28(40-41)38-22-11-13-35-17-22)25(12-15-37-29)44-24-8-4-20(5-9-24)30(42)39-26-16-21(10-14-36-26)31(32,33)34;1-2-3(4)5/h4-13,15-16,18,24H,3,14,17,19-20H2,1-2H3,(H,40,42)(H,38,41,46);2-10,12,14-16,22,35H,11,13,17-18H2,1H3,(H,38,40)(H,36,39,42);2H2,1H3,(H,4,5)/t24-;22-;/m11./s1. The first-order valence-electron chi connectivity index (χ1n) is 30.6. The van der Waals surface area contributed by atoms with E-state index in [-0.39, 0.29) is 47.2 Å². The van der Waals surface area contributed by atoms with Crippen molar-refractivity contribution in [2.24, 2.45) is 0 Å². The lowest BCUT2D eigenvalue weighted by atomic mass is 10.2. The fourth-order valence-electron chi connectivity index (χ4n) is 10.4. The number of anilines is 4. The Morgan fingerprint density at radius 2 is 0.979 bits per heavy atom. The zero-order chi connectivity index (χ0) is 68.8. The van der Waals surface area contributed by atoms with E-state index in [9.17, 15) is 45.5 Å². The van der Waals surface area contributed by atoms with Gasteiger partial charge in [-0.2, -0.15) is 36.5 Å². The minimum Gasteiger partial charge on any atom is -0.497 e. The van der Waals surface area contributed by atoms with Gasteiger partial charge in [0, 0.05) is 92.6 Å². The van der Waals surface area contributed by atoms with Crippen molar-refractivity contribution in [3.8, 4) is 34.5 Å². The average molecular weight is 1340 g/mol. The Balaban J connectivity index is 0.000000198. The maximum atomic E-state index is 13.1. The summed E-state index contributed by atoms with van der Waals surface area (Å²) in [6.45, 7) is 7.27. The van der Waals surface area contributed by atoms with Gasteiger partial charge in [0.05, 0.1) is 38.4 Å². The molecule has 0 bridgehead atoms. The number of aliphatic carboxylic acids is 1. The Labute approximate surface area is 551 Å². The number of nitrogens with zero attached hydrogens (tertiary/aromatic N) is 9. The second kappa shape index (κ2) is 30.8. The molecule has 0 spiro atoms. The summed E-state index contributed by atoms with van der Waals surface area (Å²) in [5.41, 5.74) is 1.82. The highest BCUT2D eigenvalue weighted by atomic mass is 19.4. The number of amides is 3. The second-order valence-corrected chi connectivity index (χ2v) is 22.1. The zero-order valence-corrected chi connectivity index (χ0v) is 52.7. The van der Waals surface area contributed by atoms with Crippen LogP contribution in [-0.4, -0.2) is 126 Å². The molecule has 0 radical (unpaired) electrons. The summed E-state index contributed by atoms with van der Waals surface area (Å²) < 4.78 is 105. The lowest BCUT2D eigenvalue weighted by Crippen LogP contribution is -2.31. The predicted octanol–water partition coefficient (Wildman–Crippen LogP) is 12.6. The summed E-state index contributed by atoms with van der Waals surface area (Å²) in [7, 11) is 3.23. The molecule has 504 valence electrons. The normalized spacial score (nSPS) is 14.4. The number of carbonyl (C=O) groups excluding carboxylic acids is 3. The number of rotatable bonds is 20. The molecular formula is C68H66F6N14O9. The molecule has 0 aliphatic carbocycles. The van der Waals surface area contributed by atoms with E-state index in [0.717, 1.165) is 85.2 Å². The van der Waals surface area contributed by atoms with Crippen molar-refractivity contribution in [2.75, 3.05) is 61.7 Å². The Morgan fingerprint density at radius 3 is 1.37 bits per heavy atom. The molecule has 2 fully saturated rings. The Hall–Kier alpha value is -11.4. The van der Waals surface area contributed by atoms with Crippen LogP contribution in [0.25, 0.3) is 22.1 Å². The van der Waals surface area contributed by atoms with Crippen molar-refractivity contribution in [3.05, 3.63) is 192 Å². The number of hydrogen-bond acceptors (Lipinski definition) is 17. The number of pyridine rings is 4. The van der Waals surface area contributed by atoms with Crippen molar-refractivity contribution in [1.82, 2.24) is 49.7 Å². The second-order valence-electron chi connectivity index (χ2n) is 22.1. The fourth-order valence-corrected chi connectivity index (χ4v) is 10.4. The van der Waals surface area contributed by atoms with Gasteiger partial charge in [-0.1, -0.05) is 38.1 Å². The predicted molar refractivity (Wildman–Crippen MR) is 348 cm³/mol. The number of alkyl halides is 6. The van der Waals surface area contributed by atoms with Crippen molar-refractivity contribution < 1.29 is 69.6 Å². The molecule has 12 rings (SSSR count). The van der Waals surface area contributed by atoms with E-state index in [0.29, 0.717) is 89.3 Å². The largest absolute Gasteiger partial charge is 0.497 e. The first-order chi connectivity index (χ1) is 46.6. The molecule has 6 N–H and O–H groups in total. The van der Waals surface area contributed by atoms with Crippen LogP contribution in [0.2, 0.25) is 0 Å². The van der Waals surface area contributed by atoms with Crippen LogP contribution >= 0.6 is 0 Å². The molecule has 0 saturated carbocycles. The van der Waals surface area contributed by atoms with Crippen LogP contribution in [0.15, 0.2) is 158 Å². The van der Waals surface area contributed by atoms with Gasteiger partial charge in [-0.15, -0.1) is 0 Å². The highest BCUT2D eigenvalue weighted by Gasteiger charge is 2.33. The third-order valence-corrected chi connectivity index (χ3v) is 15.4. The number of carboxylic acid groups (broad SMARTS) is 1. The quantitative estimate of drug-likeness (QED) is 0.0387. The number of likely N-dealkylation sites (tertiary alicyclic amines) is 1. The number of halogens is 6. The average Bonchev–Trinajstić information content (AvgIpc) is 1.64. The van der Waals surface area contributed by atoms with E-state index in [1.54, 1.807) is 74.6 Å². The first-order valence-corrected chi connectivity index (χ1v) is 30.6.